The van der Waals surface area contributed by atoms with Gasteiger partial charge in [0.15, 0.2) is 0 Å². The molecule has 2 aromatic rings. The molecule has 86 valence electrons. The minimum Gasteiger partial charge on any atom is -0.267 e. The number of carbonyl (C=O) groups excluding carboxylic acids is 1. The molecule has 0 fully saturated rings. The maximum Gasteiger partial charge on any atom is 0.272 e. The summed E-state index contributed by atoms with van der Waals surface area (Å²) in [6.07, 6.45) is 0. The molecule has 0 saturated heterocycles. The molecule has 17 heavy (non-hydrogen) atoms. The Labute approximate surface area is 100 Å². The van der Waals surface area contributed by atoms with Crippen LogP contribution in [0.3, 0.4) is 0 Å². The first-order valence-corrected chi connectivity index (χ1v) is 5.39. The lowest BCUT2D eigenvalue weighted by molar-refractivity contribution is 0.0987. The first-order chi connectivity index (χ1) is 8.18. The van der Waals surface area contributed by atoms with Crippen molar-refractivity contribution in [1.29, 1.82) is 0 Å². The zero-order valence-corrected chi connectivity index (χ0v) is 9.63. The fourth-order valence-corrected chi connectivity index (χ4v) is 1.62. The number of benzene rings is 2. The van der Waals surface area contributed by atoms with E-state index in [0.717, 1.165) is 10.6 Å². The van der Waals surface area contributed by atoms with Crippen LogP contribution in [0.25, 0.3) is 0 Å². The third-order valence-electron chi connectivity index (χ3n) is 2.52. The molecular weight excluding hydrogens is 212 g/mol. The fourth-order valence-electron chi connectivity index (χ4n) is 1.62. The smallest absolute Gasteiger partial charge is 0.267 e. The van der Waals surface area contributed by atoms with Crippen LogP contribution in [0.4, 0.5) is 5.69 Å². The van der Waals surface area contributed by atoms with Crippen molar-refractivity contribution in [3.63, 3.8) is 0 Å². The van der Waals surface area contributed by atoms with Crippen LogP contribution in [-0.4, -0.2) is 5.91 Å². The molecule has 0 spiro atoms. The number of para-hydroxylation sites is 1. The molecule has 0 heterocycles. The Balaban J connectivity index is 2.27. The molecule has 0 bridgehead atoms. The molecule has 2 N–H and O–H groups in total. The van der Waals surface area contributed by atoms with E-state index in [1.807, 2.05) is 43.3 Å². The quantitative estimate of drug-likeness (QED) is 0.486. The Hall–Kier alpha value is -2.13. The van der Waals surface area contributed by atoms with Gasteiger partial charge in [-0.3, -0.25) is 4.79 Å². The first-order valence-electron chi connectivity index (χ1n) is 5.39. The Morgan fingerprint density at radius 1 is 1.06 bits per heavy atom. The molecule has 2 rings (SSSR count). The lowest BCUT2D eigenvalue weighted by atomic mass is 10.1. The molecule has 0 atom stereocenters. The molecule has 0 aliphatic heterocycles. The van der Waals surface area contributed by atoms with E-state index >= 15 is 0 Å². The van der Waals surface area contributed by atoms with E-state index in [2.05, 4.69) is 0 Å². The minimum absolute atomic E-state index is 0.208. The number of aryl methyl sites for hydroxylation is 1. The van der Waals surface area contributed by atoms with Gasteiger partial charge in [-0.2, -0.15) is 0 Å². The molecular formula is C14H14N2O. The highest BCUT2D eigenvalue weighted by Gasteiger charge is 2.13. The van der Waals surface area contributed by atoms with Crippen LogP contribution in [0.2, 0.25) is 0 Å². The van der Waals surface area contributed by atoms with E-state index in [0.29, 0.717) is 11.3 Å². The molecule has 3 heteroatoms. The number of anilines is 1. The van der Waals surface area contributed by atoms with E-state index in [-0.39, 0.29) is 5.91 Å². The van der Waals surface area contributed by atoms with Gasteiger partial charge in [0, 0.05) is 5.56 Å². The normalized spacial score (nSPS) is 10.0. The van der Waals surface area contributed by atoms with Crippen LogP contribution in [0.1, 0.15) is 15.9 Å². The van der Waals surface area contributed by atoms with Gasteiger partial charge in [-0.15, -0.1) is 0 Å². The average Bonchev–Trinajstić information content (AvgIpc) is 2.38. The fraction of sp³-hybridized carbons (Fsp3) is 0.0714. The van der Waals surface area contributed by atoms with Gasteiger partial charge in [0.05, 0.1) is 5.69 Å². The SMILES string of the molecule is Cc1cccc(C(=O)N(N)c2ccccc2)c1. The van der Waals surface area contributed by atoms with Gasteiger partial charge in [0.25, 0.3) is 5.91 Å². The molecule has 1 amide bonds. The van der Waals surface area contributed by atoms with Crippen LogP contribution in [0.5, 0.6) is 0 Å². The molecule has 0 aromatic heterocycles. The highest BCUT2D eigenvalue weighted by Crippen LogP contribution is 2.13. The van der Waals surface area contributed by atoms with Crippen molar-refractivity contribution in [3.05, 3.63) is 65.7 Å². The summed E-state index contributed by atoms with van der Waals surface area (Å²) in [4.78, 5) is 12.1. The maximum absolute atomic E-state index is 12.1. The van der Waals surface area contributed by atoms with Gasteiger partial charge in [-0.05, 0) is 31.2 Å². The predicted molar refractivity (Wildman–Crippen MR) is 68.6 cm³/mol. The molecule has 0 aliphatic carbocycles. The average molecular weight is 226 g/mol. The summed E-state index contributed by atoms with van der Waals surface area (Å²) in [5.74, 6) is 5.60. The van der Waals surface area contributed by atoms with E-state index < -0.39 is 0 Å². The Kier molecular flexibility index (Phi) is 3.21. The highest BCUT2D eigenvalue weighted by molar-refractivity contribution is 6.05. The van der Waals surface area contributed by atoms with Crippen LogP contribution >= 0.6 is 0 Å². The van der Waals surface area contributed by atoms with Crippen molar-refractivity contribution < 1.29 is 4.79 Å². The third kappa shape index (κ3) is 2.52. The summed E-state index contributed by atoms with van der Waals surface area (Å²) in [5.41, 5.74) is 2.31. The number of nitrogens with zero attached hydrogens (tertiary/aromatic N) is 1. The number of hydrazine groups is 1. The first kappa shape index (κ1) is 11.4. The van der Waals surface area contributed by atoms with E-state index in [9.17, 15) is 4.79 Å². The third-order valence-corrected chi connectivity index (χ3v) is 2.52. The zero-order valence-electron chi connectivity index (χ0n) is 9.63. The number of nitrogens with two attached hydrogens (primary N) is 1. The van der Waals surface area contributed by atoms with Gasteiger partial charge in [0.2, 0.25) is 0 Å². The van der Waals surface area contributed by atoms with Crippen LogP contribution in [-0.2, 0) is 0 Å². The van der Waals surface area contributed by atoms with Crippen molar-refractivity contribution in [1.82, 2.24) is 0 Å². The van der Waals surface area contributed by atoms with E-state index in [1.165, 1.54) is 0 Å². The summed E-state index contributed by atoms with van der Waals surface area (Å²) < 4.78 is 0. The van der Waals surface area contributed by atoms with Crippen LogP contribution in [0.15, 0.2) is 54.6 Å². The van der Waals surface area contributed by atoms with Crippen molar-refractivity contribution in [2.45, 2.75) is 6.92 Å². The Morgan fingerprint density at radius 2 is 1.76 bits per heavy atom. The van der Waals surface area contributed by atoms with Crippen LogP contribution < -0.4 is 10.9 Å². The monoisotopic (exact) mass is 226 g/mol. The van der Waals surface area contributed by atoms with E-state index in [1.54, 1.807) is 18.2 Å². The second-order valence-corrected chi connectivity index (χ2v) is 3.88. The number of hydrogen-bond donors (Lipinski definition) is 1. The lowest BCUT2D eigenvalue weighted by Gasteiger charge is -2.16. The predicted octanol–water partition coefficient (Wildman–Crippen LogP) is 2.52. The summed E-state index contributed by atoms with van der Waals surface area (Å²) in [7, 11) is 0. The second-order valence-electron chi connectivity index (χ2n) is 3.88. The lowest BCUT2D eigenvalue weighted by Crippen LogP contribution is -2.37. The summed E-state index contributed by atoms with van der Waals surface area (Å²) in [6.45, 7) is 1.94. The standard InChI is InChI=1S/C14H14N2O/c1-11-6-5-7-12(10-11)14(17)16(15)13-8-3-2-4-9-13/h2-10H,15H2,1H3. The van der Waals surface area contributed by atoms with Gasteiger partial charge < -0.3 is 0 Å². The minimum atomic E-state index is -0.208. The molecule has 3 nitrogen and oxygen atoms in total. The largest absolute Gasteiger partial charge is 0.272 e. The number of rotatable bonds is 2. The summed E-state index contributed by atoms with van der Waals surface area (Å²) in [6, 6.07) is 16.6. The Bertz CT molecular complexity index is 523. The second kappa shape index (κ2) is 4.80. The van der Waals surface area contributed by atoms with Gasteiger partial charge in [0.1, 0.15) is 0 Å². The maximum atomic E-state index is 12.1. The highest BCUT2D eigenvalue weighted by atomic mass is 16.2. The molecule has 0 aliphatic rings. The Morgan fingerprint density at radius 3 is 2.41 bits per heavy atom. The topological polar surface area (TPSA) is 46.3 Å². The number of hydrogen-bond acceptors (Lipinski definition) is 2. The molecule has 0 radical (unpaired) electrons. The zero-order chi connectivity index (χ0) is 12.3. The van der Waals surface area contributed by atoms with Gasteiger partial charge >= 0.3 is 0 Å². The summed E-state index contributed by atoms with van der Waals surface area (Å²) in [5, 5.41) is 1.16. The van der Waals surface area contributed by atoms with E-state index in [4.69, 9.17) is 5.84 Å². The van der Waals surface area contributed by atoms with Crippen molar-refractivity contribution in [2.75, 3.05) is 5.01 Å². The molecule has 2 aromatic carbocycles. The van der Waals surface area contributed by atoms with Crippen LogP contribution in [0, 0.1) is 6.92 Å². The van der Waals surface area contributed by atoms with Crippen molar-refractivity contribution in [3.8, 4) is 0 Å². The summed E-state index contributed by atoms with van der Waals surface area (Å²) >= 11 is 0. The van der Waals surface area contributed by atoms with Crippen molar-refractivity contribution >= 4 is 11.6 Å². The number of amides is 1. The number of carbonyl (C=O) groups is 1. The van der Waals surface area contributed by atoms with Gasteiger partial charge in [-0.1, -0.05) is 35.9 Å². The molecule has 0 saturated carbocycles. The molecule has 0 unspecified atom stereocenters. The van der Waals surface area contributed by atoms with Gasteiger partial charge in [-0.25, -0.2) is 10.9 Å². The van der Waals surface area contributed by atoms with Crippen molar-refractivity contribution in [2.24, 2.45) is 5.84 Å².